The maximum Gasteiger partial charge on any atom is 0.359 e. The van der Waals surface area contributed by atoms with Crippen LogP contribution >= 0.6 is 0 Å². The lowest BCUT2D eigenvalue weighted by molar-refractivity contribution is 0.0516. The number of hydrogen-bond donors (Lipinski definition) is 1. The number of hydrogen-bond acceptors (Lipinski definition) is 5. The number of esters is 1. The monoisotopic (exact) mass is 253 g/mol. The van der Waals surface area contributed by atoms with E-state index in [2.05, 4.69) is 10.4 Å². The second-order valence-electron chi connectivity index (χ2n) is 4.14. The smallest absolute Gasteiger partial charge is 0.359 e. The van der Waals surface area contributed by atoms with E-state index >= 15 is 0 Å². The van der Waals surface area contributed by atoms with E-state index in [4.69, 9.17) is 9.47 Å². The Hall–Kier alpha value is -1.40. The predicted octanol–water partition coefficient (Wildman–Crippen LogP) is 0.352. The lowest BCUT2D eigenvalue weighted by atomic mass is 10.1. The molecule has 1 aromatic heterocycles. The second-order valence-corrected chi connectivity index (χ2v) is 4.14. The summed E-state index contributed by atoms with van der Waals surface area (Å²) in [6.07, 6.45) is 0.880. The van der Waals surface area contributed by atoms with Crippen LogP contribution in [0.1, 0.15) is 28.7 Å². The van der Waals surface area contributed by atoms with E-state index < -0.39 is 0 Å². The summed E-state index contributed by atoms with van der Waals surface area (Å²) < 4.78 is 12.0. The first kappa shape index (κ1) is 13.0. The molecule has 2 heterocycles. The Morgan fingerprint density at radius 2 is 2.39 bits per heavy atom. The molecule has 6 nitrogen and oxygen atoms in total. The third-order valence-electron chi connectivity index (χ3n) is 2.98. The number of carbonyl (C=O) groups excluding carboxylic acids is 1. The van der Waals surface area contributed by atoms with Gasteiger partial charge in [0.2, 0.25) is 0 Å². The van der Waals surface area contributed by atoms with Crippen LogP contribution < -0.4 is 5.32 Å². The molecule has 0 aromatic carbocycles. The van der Waals surface area contributed by atoms with Gasteiger partial charge in [-0.1, -0.05) is 0 Å². The second kappa shape index (κ2) is 5.97. The Morgan fingerprint density at radius 3 is 3.11 bits per heavy atom. The fraction of sp³-hybridized carbons (Fsp3) is 0.667. The predicted molar refractivity (Wildman–Crippen MR) is 65.5 cm³/mol. The summed E-state index contributed by atoms with van der Waals surface area (Å²) >= 11 is 0. The van der Waals surface area contributed by atoms with E-state index in [1.165, 1.54) is 0 Å². The minimum atomic E-state index is -0.339. The Balaban J connectivity index is 2.28. The van der Waals surface area contributed by atoms with Crippen LogP contribution in [0.2, 0.25) is 0 Å². The highest BCUT2D eigenvalue weighted by molar-refractivity contribution is 5.89. The van der Waals surface area contributed by atoms with Crippen LogP contribution in [0.15, 0.2) is 0 Å². The zero-order valence-corrected chi connectivity index (χ0v) is 10.9. The number of nitrogens with zero attached hydrogens (tertiary/aromatic N) is 2. The zero-order valence-electron chi connectivity index (χ0n) is 10.9. The topological polar surface area (TPSA) is 65.4 Å². The molecule has 0 spiro atoms. The largest absolute Gasteiger partial charge is 0.461 e. The van der Waals surface area contributed by atoms with Gasteiger partial charge in [0.1, 0.15) is 0 Å². The van der Waals surface area contributed by atoms with Crippen LogP contribution in [0.3, 0.4) is 0 Å². The van der Waals surface area contributed by atoms with Crippen molar-refractivity contribution >= 4 is 5.97 Å². The third-order valence-corrected chi connectivity index (χ3v) is 2.98. The molecule has 18 heavy (non-hydrogen) atoms. The Morgan fingerprint density at radius 1 is 1.56 bits per heavy atom. The Labute approximate surface area is 106 Å². The van der Waals surface area contributed by atoms with Crippen molar-refractivity contribution in [2.45, 2.75) is 26.4 Å². The van der Waals surface area contributed by atoms with Crippen molar-refractivity contribution in [2.75, 3.05) is 26.9 Å². The molecule has 0 bridgehead atoms. The normalized spacial score (nSPS) is 14.3. The van der Waals surface area contributed by atoms with Gasteiger partial charge in [0.25, 0.3) is 0 Å². The van der Waals surface area contributed by atoms with Crippen molar-refractivity contribution < 1.29 is 14.3 Å². The number of ether oxygens (including phenoxy) is 2. The summed E-state index contributed by atoms with van der Waals surface area (Å²) in [5.74, 6) is -0.339. The minimum Gasteiger partial charge on any atom is -0.461 e. The maximum atomic E-state index is 11.8. The molecule has 0 fully saturated rings. The van der Waals surface area contributed by atoms with Crippen LogP contribution in [0, 0.1) is 0 Å². The lowest BCUT2D eigenvalue weighted by Crippen LogP contribution is -2.26. The highest BCUT2D eigenvalue weighted by Crippen LogP contribution is 2.19. The summed E-state index contributed by atoms with van der Waals surface area (Å²) in [4.78, 5) is 11.8. The summed E-state index contributed by atoms with van der Waals surface area (Å²) in [5.41, 5.74) is 2.53. The fourth-order valence-electron chi connectivity index (χ4n) is 2.15. The number of nitrogens with one attached hydrogen (secondary N) is 1. The van der Waals surface area contributed by atoms with Gasteiger partial charge in [-0.2, -0.15) is 5.10 Å². The SMILES string of the molecule is CCOC(=O)c1nn(CCOC)c2c1CNCC2. The summed E-state index contributed by atoms with van der Waals surface area (Å²) in [7, 11) is 1.66. The number of carbonyl (C=O) groups is 1. The first-order chi connectivity index (χ1) is 8.77. The molecule has 0 saturated heterocycles. The number of aromatic nitrogens is 2. The van der Waals surface area contributed by atoms with E-state index in [0.29, 0.717) is 32.0 Å². The average Bonchev–Trinajstić information content (AvgIpc) is 2.76. The van der Waals surface area contributed by atoms with E-state index in [1.54, 1.807) is 14.0 Å². The first-order valence-electron chi connectivity index (χ1n) is 6.23. The quantitative estimate of drug-likeness (QED) is 0.767. The van der Waals surface area contributed by atoms with Crippen LogP contribution in [-0.4, -0.2) is 42.6 Å². The molecule has 1 aliphatic rings. The van der Waals surface area contributed by atoms with Crippen molar-refractivity contribution in [1.82, 2.24) is 15.1 Å². The van der Waals surface area contributed by atoms with Crippen molar-refractivity contribution in [3.8, 4) is 0 Å². The van der Waals surface area contributed by atoms with E-state index in [0.717, 1.165) is 24.2 Å². The summed E-state index contributed by atoms with van der Waals surface area (Å²) in [6.45, 7) is 5.00. The fourth-order valence-corrected chi connectivity index (χ4v) is 2.15. The molecule has 0 amide bonds. The van der Waals surface area contributed by atoms with Crippen LogP contribution in [0.25, 0.3) is 0 Å². The van der Waals surface area contributed by atoms with Gasteiger partial charge < -0.3 is 14.8 Å². The molecular weight excluding hydrogens is 234 g/mol. The van der Waals surface area contributed by atoms with Gasteiger partial charge in [-0.05, 0) is 6.92 Å². The van der Waals surface area contributed by atoms with Gasteiger partial charge >= 0.3 is 5.97 Å². The van der Waals surface area contributed by atoms with Crippen LogP contribution in [0.4, 0.5) is 0 Å². The molecule has 0 saturated carbocycles. The van der Waals surface area contributed by atoms with Crippen LogP contribution in [-0.2, 0) is 29.0 Å². The molecule has 100 valence electrons. The molecule has 0 atom stereocenters. The third kappa shape index (κ3) is 2.54. The molecule has 0 aliphatic carbocycles. The minimum absolute atomic E-state index is 0.339. The molecule has 1 N–H and O–H groups in total. The first-order valence-corrected chi connectivity index (χ1v) is 6.23. The van der Waals surface area contributed by atoms with Gasteiger partial charge in [0.05, 0.1) is 19.8 Å². The van der Waals surface area contributed by atoms with E-state index in [1.807, 2.05) is 4.68 Å². The number of fused-ring (bicyclic) bond motifs is 1. The van der Waals surface area contributed by atoms with Crippen molar-refractivity contribution in [3.63, 3.8) is 0 Å². The standard InChI is InChI=1S/C12H19N3O3/c1-3-18-12(16)11-9-8-13-5-4-10(9)15(14-11)6-7-17-2/h13H,3-8H2,1-2H3. The lowest BCUT2D eigenvalue weighted by Gasteiger charge is -2.15. The Bertz CT molecular complexity index is 428. The maximum absolute atomic E-state index is 11.8. The van der Waals surface area contributed by atoms with Gasteiger partial charge in [-0.3, -0.25) is 4.68 Å². The Kier molecular flexibility index (Phi) is 4.33. The molecule has 1 aromatic rings. The molecule has 2 rings (SSSR count). The molecule has 0 unspecified atom stereocenters. The van der Waals surface area contributed by atoms with Gasteiger partial charge in [0.15, 0.2) is 5.69 Å². The van der Waals surface area contributed by atoms with Crippen LogP contribution in [0.5, 0.6) is 0 Å². The molecule has 1 aliphatic heterocycles. The summed E-state index contributed by atoms with van der Waals surface area (Å²) in [5, 5.41) is 7.63. The van der Waals surface area contributed by atoms with Gasteiger partial charge in [-0.25, -0.2) is 4.79 Å². The highest BCUT2D eigenvalue weighted by Gasteiger charge is 2.25. The van der Waals surface area contributed by atoms with Gasteiger partial charge in [-0.15, -0.1) is 0 Å². The van der Waals surface area contributed by atoms with Gasteiger partial charge in [0, 0.05) is 37.9 Å². The van der Waals surface area contributed by atoms with Crippen molar-refractivity contribution in [1.29, 1.82) is 0 Å². The van der Waals surface area contributed by atoms with E-state index in [9.17, 15) is 4.79 Å². The zero-order chi connectivity index (χ0) is 13.0. The summed E-state index contributed by atoms with van der Waals surface area (Å²) in [6, 6.07) is 0. The number of methoxy groups -OCH3 is 1. The van der Waals surface area contributed by atoms with Crippen molar-refractivity contribution in [3.05, 3.63) is 17.0 Å². The number of rotatable bonds is 5. The van der Waals surface area contributed by atoms with E-state index in [-0.39, 0.29) is 5.97 Å². The average molecular weight is 253 g/mol. The molecule has 6 heteroatoms. The molecule has 0 radical (unpaired) electrons. The van der Waals surface area contributed by atoms with Crippen molar-refractivity contribution in [2.24, 2.45) is 0 Å². The highest BCUT2D eigenvalue weighted by atomic mass is 16.5. The molecular formula is C12H19N3O3.